The Morgan fingerprint density at radius 1 is 0.242 bits per heavy atom. The Hall–Kier alpha value is -6.02. The van der Waals surface area contributed by atoms with E-state index in [4.69, 9.17) is 28.4 Å². The standard InChI is InChI=1S/2C12H18O2.C12H17O2.3C10H12O2.C4H9.7CH4.2Li/c3*1-7-8(2)12(14-6)10(4)9(3)11(7)13-5;3*1-5-6(2)10(12)8(4)7(3)9(5)11;1-3-4-2;;;;;;;;;/h2*1-6H3;1H2,2-6H3;3*1-4H3;1,3-4H2,2H3;7*1H4;;/q;;-1;;;;-1;;;;;;;;2*+1. The van der Waals surface area contributed by atoms with Crippen LogP contribution in [0.3, 0.4) is 0 Å². The molecule has 0 N–H and O–H groups in total. The third kappa shape index (κ3) is 24.8. The second kappa shape index (κ2) is 47.8. The molecular formula is C77H126Li2O12. The minimum absolute atomic E-state index is 0. The summed E-state index contributed by atoms with van der Waals surface area (Å²) in [5, 5.41) is 0. The summed E-state index contributed by atoms with van der Waals surface area (Å²) in [5.41, 5.74) is 20.5. The van der Waals surface area contributed by atoms with Crippen molar-refractivity contribution in [2.24, 2.45) is 0 Å². The van der Waals surface area contributed by atoms with Gasteiger partial charge in [-0.1, -0.05) is 77.8 Å². The van der Waals surface area contributed by atoms with E-state index < -0.39 is 0 Å². The van der Waals surface area contributed by atoms with E-state index in [1.807, 2.05) is 20.8 Å². The molecule has 508 valence electrons. The van der Waals surface area contributed by atoms with Gasteiger partial charge in [0.2, 0.25) is 0 Å². The molecule has 3 aromatic rings. The quantitative estimate of drug-likeness (QED) is 0.125. The van der Waals surface area contributed by atoms with Gasteiger partial charge >= 0.3 is 37.7 Å². The van der Waals surface area contributed by atoms with E-state index in [9.17, 15) is 28.8 Å². The molecule has 3 aliphatic rings. The maximum atomic E-state index is 11.4. The molecular weight excluding hydrogens is 1130 g/mol. The monoisotopic (exact) mass is 1260 g/mol. The van der Waals surface area contributed by atoms with Crippen LogP contribution in [-0.4, -0.2) is 77.4 Å². The first kappa shape index (κ1) is 107. The first-order valence-corrected chi connectivity index (χ1v) is 27.5. The van der Waals surface area contributed by atoms with Crippen LogP contribution in [0, 0.1) is 90.0 Å². The van der Waals surface area contributed by atoms with Gasteiger partial charge in [-0.25, -0.2) is 0 Å². The van der Waals surface area contributed by atoms with Gasteiger partial charge in [0.05, 0.1) is 48.4 Å². The molecule has 0 atom stereocenters. The predicted molar refractivity (Wildman–Crippen MR) is 383 cm³/mol. The smallest absolute Gasteiger partial charge is 0.553 e. The van der Waals surface area contributed by atoms with Crippen molar-refractivity contribution in [2.45, 2.75) is 231 Å². The molecule has 6 rings (SSSR count). The molecule has 0 amide bonds. The molecule has 12 nitrogen and oxygen atoms in total. The normalized spacial score (nSPS) is 12.6. The van der Waals surface area contributed by atoms with Crippen LogP contribution < -0.4 is 66.1 Å². The molecule has 0 radical (unpaired) electrons. The van der Waals surface area contributed by atoms with Crippen LogP contribution >= 0.6 is 0 Å². The fourth-order valence-electron chi connectivity index (χ4n) is 9.18. The maximum absolute atomic E-state index is 11.4. The number of hydrogen-bond acceptors (Lipinski definition) is 12. The first-order chi connectivity index (χ1) is 37.9. The number of carbonyl (C=O) groups is 6. The molecule has 0 bridgehead atoms. The van der Waals surface area contributed by atoms with Crippen molar-refractivity contribution in [1.29, 1.82) is 0 Å². The summed E-state index contributed by atoms with van der Waals surface area (Å²) < 4.78 is 32.2. The summed E-state index contributed by atoms with van der Waals surface area (Å²) in [6.07, 6.45) is 2.28. The van der Waals surface area contributed by atoms with Crippen LogP contribution in [0.15, 0.2) is 66.9 Å². The van der Waals surface area contributed by atoms with E-state index in [1.165, 1.54) is 6.42 Å². The maximum Gasteiger partial charge on any atom is 1.00 e. The Labute approximate surface area is 581 Å². The number of ether oxygens (including phenoxy) is 6. The zero-order chi connectivity index (χ0) is 64.4. The minimum atomic E-state index is 0. The SMILES string of the molecule is C.C.C.C.C.C.C.CC1=C(C)C(=O)C(C)=C(C)C1=O.CC1=C(C)C(=O)C(C)=C(C)C1=O.CC1=C(C)C(=O)C(C)=C(C)C1=O.COc1c(C)c(C)c(OC)c(C)c1C.COc1c(C)c(C)c(OC)c(C)c1C.[CH2-]CCC.[CH2-]c1c(C)c(OC)c(C)c(C)c1OC.[Li+].[Li+]. The van der Waals surface area contributed by atoms with E-state index in [1.54, 1.807) is 126 Å². The molecule has 3 aliphatic carbocycles. The molecule has 3 aromatic carbocycles. The Bertz CT molecular complexity index is 2470. The van der Waals surface area contributed by atoms with Crippen LogP contribution in [0.4, 0.5) is 0 Å². The molecule has 0 aliphatic heterocycles. The summed E-state index contributed by atoms with van der Waals surface area (Å²) in [5.74, 6) is 5.69. The van der Waals surface area contributed by atoms with Gasteiger partial charge in [-0.3, -0.25) is 28.8 Å². The van der Waals surface area contributed by atoms with Gasteiger partial charge in [0.1, 0.15) is 23.0 Å². The van der Waals surface area contributed by atoms with Crippen molar-refractivity contribution in [2.75, 3.05) is 42.7 Å². The second-order valence-corrected chi connectivity index (χ2v) is 20.9. The first-order valence-electron chi connectivity index (χ1n) is 27.5. The Kier molecular flexibility index (Phi) is 56.0. The van der Waals surface area contributed by atoms with Gasteiger partial charge in [-0.05, 0) is 202 Å². The molecule has 0 heterocycles. The van der Waals surface area contributed by atoms with E-state index in [2.05, 4.69) is 76.2 Å². The van der Waals surface area contributed by atoms with Gasteiger partial charge in [0.25, 0.3) is 0 Å². The van der Waals surface area contributed by atoms with Crippen LogP contribution in [0.25, 0.3) is 0 Å². The number of unbranched alkanes of at least 4 members (excludes halogenated alkanes) is 1. The summed E-state index contributed by atoms with van der Waals surface area (Å²) in [6.45, 7) is 52.6. The van der Waals surface area contributed by atoms with Gasteiger partial charge < -0.3 is 35.3 Å². The molecule has 0 unspecified atom stereocenters. The molecule has 0 saturated heterocycles. The molecule has 0 fully saturated rings. The Morgan fingerprint density at radius 2 is 0.341 bits per heavy atom. The van der Waals surface area contributed by atoms with Crippen molar-refractivity contribution < 1.29 is 94.9 Å². The van der Waals surface area contributed by atoms with Gasteiger partial charge in [0.15, 0.2) is 34.7 Å². The zero-order valence-electron chi connectivity index (χ0n) is 57.7. The summed E-state index contributed by atoms with van der Waals surface area (Å²) in [7, 11) is 10.2. The predicted octanol–water partition coefficient (Wildman–Crippen LogP) is 14.2. The second-order valence-electron chi connectivity index (χ2n) is 20.9. The number of rotatable bonds is 7. The molecule has 0 aromatic heterocycles. The number of allylic oxidation sites excluding steroid dienone is 12. The number of carbonyl (C=O) groups excluding carboxylic acids is 6. The zero-order valence-corrected chi connectivity index (χ0v) is 57.7. The molecule has 14 heteroatoms. The number of ketones is 6. The van der Waals surface area contributed by atoms with Crippen molar-refractivity contribution >= 4 is 34.7 Å². The number of methoxy groups -OCH3 is 6. The van der Waals surface area contributed by atoms with E-state index in [-0.39, 0.29) is 124 Å². The Balaban J connectivity index is -0.000000105. The third-order valence-electron chi connectivity index (χ3n) is 16.3. The summed E-state index contributed by atoms with van der Waals surface area (Å²) >= 11 is 0. The number of hydrogen-bond donors (Lipinski definition) is 0. The van der Waals surface area contributed by atoms with Gasteiger partial charge in [0, 0.05) is 72.6 Å². The van der Waals surface area contributed by atoms with Crippen LogP contribution in [-0.2, 0) is 28.8 Å². The van der Waals surface area contributed by atoms with Crippen molar-refractivity contribution in [3.63, 3.8) is 0 Å². The average Bonchev–Trinajstić information content (AvgIpc) is 1.84. The van der Waals surface area contributed by atoms with Crippen molar-refractivity contribution in [3.05, 3.63) is 147 Å². The van der Waals surface area contributed by atoms with E-state index >= 15 is 0 Å². The largest absolute Gasteiger partial charge is 1.00 e. The van der Waals surface area contributed by atoms with Crippen LogP contribution in [0.5, 0.6) is 34.5 Å². The van der Waals surface area contributed by atoms with Crippen molar-refractivity contribution in [3.8, 4) is 34.5 Å². The number of Topliss-reactive ketones (excluding diaryl/α,β-unsaturated/α-hetero) is 6. The van der Waals surface area contributed by atoms with Gasteiger partial charge in [-0.15, -0.1) is 11.1 Å². The van der Waals surface area contributed by atoms with Gasteiger partial charge in [-0.2, -0.15) is 13.3 Å². The molecule has 0 spiro atoms. The molecule has 91 heavy (non-hydrogen) atoms. The third-order valence-corrected chi connectivity index (χ3v) is 16.3. The van der Waals surface area contributed by atoms with Crippen LogP contribution in [0.2, 0.25) is 0 Å². The fourth-order valence-corrected chi connectivity index (χ4v) is 9.18. The summed E-state index contributed by atoms with van der Waals surface area (Å²) in [4.78, 5) is 68.5. The fraction of sp³-hybridized carbons (Fsp3) is 0.506. The van der Waals surface area contributed by atoms with Crippen molar-refractivity contribution in [1.82, 2.24) is 0 Å². The van der Waals surface area contributed by atoms with E-state index in [0.29, 0.717) is 66.9 Å². The number of benzene rings is 3. The van der Waals surface area contributed by atoms with E-state index in [0.717, 1.165) is 108 Å². The summed E-state index contributed by atoms with van der Waals surface area (Å²) in [6, 6.07) is 0. The minimum Gasteiger partial charge on any atom is -0.553 e. The topological polar surface area (TPSA) is 158 Å². The Morgan fingerprint density at radius 3 is 0.440 bits per heavy atom. The molecule has 0 saturated carbocycles. The average molecular weight is 1260 g/mol. The van der Waals surface area contributed by atoms with Crippen LogP contribution in [0.1, 0.15) is 222 Å².